The summed E-state index contributed by atoms with van der Waals surface area (Å²) in [6.45, 7) is 9.54. The molecule has 1 saturated heterocycles. The third kappa shape index (κ3) is 5.16. The highest BCUT2D eigenvalue weighted by Crippen LogP contribution is 2.16. The van der Waals surface area contributed by atoms with E-state index in [9.17, 15) is 19.7 Å². The number of amides is 3. The Kier molecular flexibility index (Phi) is 7.12. The van der Waals surface area contributed by atoms with E-state index in [2.05, 4.69) is 5.32 Å². The molecule has 2 rings (SSSR count). The summed E-state index contributed by atoms with van der Waals surface area (Å²) in [5, 5.41) is 13.5. The van der Waals surface area contributed by atoms with Crippen molar-refractivity contribution in [2.75, 3.05) is 44.6 Å². The van der Waals surface area contributed by atoms with Crippen LogP contribution in [0.2, 0.25) is 0 Å². The molecule has 1 atom stereocenters. The Labute approximate surface area is 159 Å². The van der Waals surface area contributed by atoms with E-state index in [1.54, 1.807) is 4.90 Å². The fourth-order valence-electron chi connectivity index (χ4n) is 3.07. The minimum atomic E-state index is -0.479. The summed E-state index contributed by atoms with van der Waals surface area (Å²) in [5.41, 5.74) is 0.503. The molecule has 0 radical (unpaired) electrons. The molecule has 1 aliphatic heterocycles. The molecule has 0 bridgehead atoms. The number of hydrogen-bond donors (Lipinski definition) is 1. The smallest absolute Gasteiger partial charge is 0.320 e. The second kappa shape index (κ2) is 9.31. The summed E-state index contributed by atoms with van der Waals surface area (Å²) in [5.74, 6) is -0.174. The number of carbonyl (C=O) groups excluding carboxylic acids is 2. The van der Waals surface area contributed by atoms with Gasteiger partial charge in [-0.2, -0.15) is 0 Å². The maximum Gasteiger partial charge on any atom is 0.320 e. The number of hydrogen-bond acceptors (Lipinski definition) is 5. The van der Waals surface area contributed by atoms with Crippen LogP contribution in [0.4, 0.5) is 16.2 Å². The Hall–Kier alpha value is -2.68. The number of nitro benzene ring substituents is 1. The van der Waals surface area contributed by atoms with E-state index < -0.39 is 4.92 Å². The highest BCUT2D eigenvalue weighted by Gasteiger charge is 2.28. The summed E-state index contributed by atoms with van der Waals surface area (Å²) >= 11 is 0. The lowest BCUT2D eigenvalue weighted by atomic mass is 10.2. The first-order valence-corrected chi connectivity index (χ1v) is 9.20. The van der Waals surface area contributed by atoms with Gasteiger partial charge in [0.15, 0.2) is 0 Å². The van der Waals surface area contributed by atoms with Crippen molar-refractivity contribution in [2.24, 2.45) is 0 Å². The van der Waals surface area contributed by atoms with Crippen LogP contribution in [-0.2, 0) is 4.79 Å². The van der Waals surface area contributed by atoms with E-state index in [-0.39, 0.29) is 23.7 Å². The van der Waals surface area contributed by atoms with Gasteiger partial charge in [-0.15, -0.1) is 0 Å². The average molecular weight is 377 g/mol. The molecule has 1 aromatic rings. The maximum atomic E-state index is 12.5. The van der Waals surface area contributed by atoms with Crippen LogP contribution in [0.1, 0.15) is 20.8 Å². The average Bonchev–Trinajstić information content (AvgIpc) is 2.68. The van der Waals surface area contributed by atoms with E-state index in [4.69, 9.17) is 0 Å². The van der Waals surface area contributed by atoms with Gasteiger partial charge in [-0.1, -0.05) is 0 Å². The van der Waals surface area contributed by atoms with Crippen molar-refractivity contribution in [1.29, 1.82) is 0 Å². The standard InChI is InChI=1S/C18H27N5O4/c1-4-20(5-2)18(25)22-12-10-21(11-13-22)14(3)17(24)19-15-6-8-16(9-7-15)23(26)27/h6-9,14H,4-5,10-13H2,1-3H3,(H,19,24)/t14-/m0/s1. The van der Waals surface area contributed by atoms with Gasteiger partial charge in [-0.25, -0.2) is 4.79 Å². The van der Waals surface area contributed by atoms with Gasteiger partial charge < -0.3 is 15.1 Å². The molecular formula is C18H27N5O4. The van der Waals surface area contributed by atoms with Crippen LogP contribution in [-0.4, -0.2) is 76.9 Å². The van der Waals surface area contributed by atoms with Crippen LogP contribution in [0.15, 0.2) is 24.3 Å². The highest BCUT2D eigenvalue weighted by molar-refractivity contribution is 5.94. The zero-order chi connectivity index (χ0) is 20.0. The van der Waals surface area contributed by atoms with Gasteiger partial charge in [-0.3, -0.25) is 19.8 Å². The molecule has 1 fully saturated rings. The van der Waals surface area contributed by atoms with Gasteiger partial charge in [-0.05, 0) is 32.9 Å². The monoisotopic (exact) mass is 377 g/mol. The van der Waals surface area contributed by atoms with Gasteiger partial charge in [0.1, 0.15) is 0 Å². The lowest BCUT2D eigenvalue weighted by Gasteiger charge is -2.39. The summed E-state index contributed by atoms with van der Waals surface area (Å²) in [6.07, 6.45) is 0. The Morgan fingerprint density at radius 2 is 1.70 bits per heavy atom. The highest BCUT2D eigenvalue weighted by atomic mass is 16.6. The summed E-state index contributed by atoms with van der Waals surface area (Å²) in [7, 11) is 0. The summed E-state index contributed by atoms with van der Waals surface area (Å²) < 4.78 is 0. The van der Waals surface area contributed by atoms with E-state index in [0.29, 0.717) is 45.0 Å². The molecule has 9 heteroatoms. The number of rotatable bonds is 6. The van der Waals surface area contributed by atoms with Crippen molar-refractivity contribution in [3.05, 3.63) is 34.4 Å². The minimum Gasteiger partial charge on any atom is -0.325 e. The molecule has 148 valence electrons. The Bertz CT molecular complexity index is 667. The fraction of sp³-hybridized carbons (Fsp3) is 0.556. The Morgan fingerprint density at radius 3 is 2.19 bits per heavy atom. The molecule has 9 nitrogen and oxygen atoms in total. The second-order valence-corrected chi connectivity index (χ2v) is 6.45. The normalized spacial score (nSPS) is 15.9. The molecule has 0 aliphatic carbocycles. The van der Waals surface area contributed by atoms with Crippen molar-refractivity contribution in [3.63, 3.8) is 0 Å². The molecular weight excluding hydrogens is 350 g/mol. The van der Waals surface area contributed by atoms with Crippen molar-refractivity contribution < 1.29 is 14.5 Å². The number of nitrogens with one attached hydrogen (secondary N) is 1. The zero-order valence-electron chi connectivity index (χ0n) is 16.1. The van der Waals surface area contributed by atoms with Gasteiger partial charge in [0.25, 0.3) is 5.69 Å². The predicted octanol–water partition coefficient (Wildman–Crippen LogP) is 2.00. The van der Waals surface area contributed by atoms with Crippen molar-refractivity contribution in [2.45, 2.75) is 26.8 Å². The predicted molar refractivity (Wildman–Crippen MR) is 103 cm³/mol. The molecule has 0 aromatic heterocycles. The summed E-state index contributed by atoms with van der Waals surface area (Å²) in [6, 6.07) is 5.44. The van der Waals surface area contributed by atoms with Crippen molar-refractivity contribution in [1.82, 2.24) is 14.7 Å². The second-order valence-electron chi connectivity index (χ2n) is 6.45. The lowest BCUT2D eigenvalue weighted by Crippen LogP contribution is -2.56. The van der Waals surface area contributed by atoms with Gasteiger partial charge in [0, 0.05) is 57.1 Å². The molecule has 1 N–H and O–H groups in total. The number of nitro groups is 1. The summed E-state index contributed by atoms with van der Waals surface area (Å²) in [4.78, 5) is 40.7. The molecule has 1 aromatic carbocycles. The fourth-order valence-corrected chi connectivity index (χ4v) is 3.07. The molecule has 1 aliphatic rings. The van der Waals surface area contributed by atoms with Crippen LogP contribution in [0, 0.1) is 10.1 Å². The Balaban J connectivity index is 1.87. The maximum absolute atomic E-state index is 12.5. The zero-order valence-corrected chi connectivity index (χ0v) is 16.1. The number of anilines is 1. The van der Waals surface area contributed by atoms with Crippen molar-refractivity contribution in [3.8, 4) is 0 Å². The largest absolute Gasteiger partial charge is 0.325 e. The molecule has 27 heavy (non-hydrogen) atoms. The van der Waals surface area contributed by atoms with E-state index in [1.807, 2.05) is 30.6 Å². The van der Waals surface area contributed by atoms with Gasteiger partial charge in [0.2, 0.25) is 5.91 Å². The van der Waals surface area contributed by atoms with Crippen LogP contribution < -0.4 is 5.32 Å². The third-order valence-electron chi connectivity index (χ3n) is 4.89. The molecule has 0 unspecified atom stereocenters. The minimum absolute atomic E-state index is 0.0185. The molecule has 3 amide bonds. The molecule has 0 saturated carbocycles. The molecule has 0 spiro atoms. The van der Waals surface area contributed by atoms with Crippen molar-refractivity contribution >= 4 is 23.3 Å². The number of piperazine rings is 1. The SMILES string of the molecule is CCN(CC)C(=O)N1CCN([C@@H](C)C(=O)Nc2ccc([N+](=O)[O-])cc2)CC1. The molecule has 1 heterocycles. The van der Waals surface area contributed by atoms with Crippen LogP contribution in [0.3, 0.4) is 0 Å². The van der Waals surface area contributed by atoms with E-state index in [1.165, 1.54) is 24.3 Å². The first kappa shape index (κ1) is 20.6. The number of nitrogens with zero attached hydrogens (tertiary/aromatic N) is 4. The Morgan fingerprint density at radius 1 is 1.15 bits per heavy atom. The third-order valence-corrected chi connectivity index (χ3v) is 4.89. The first-order valence-electron chi connectivity index (χ1n) is 9.20. The number of carbonyl (C=O) groups is 2. The number of benzene rings is 1. The van der Waals surface area contributed by atoms with E-state index in [0.717, 1.165) is 0 Å². The van der Waals surface area contributed by atoms with Crippen LogP contribution in [0.5, 0.6) is 0 Å². The van der Waals surface area contributed by atoms with Gasteiger partial charge >= 0.3 is 6.03 Å². The topological polar surface area (TPSA) is 99.0 Å². The lowest BCUT2D eigenvalue weighted by molar-refractivity contribution is -0.384. The van der Waals surface area contributed by atoms with Crippen LogP contribution >= 0.6 is 0 Å². The number of urea groups is 1. The number of non-ortho nitro benzene ring substituents is 1. The first-order chi connectivity index (χ1) is 12.9. The van der Waals surface area contributed by atoms with Crippen LogP contribution in [0.25, 0.3) is 0 Å². The van der Waals surface area contributed by atoms with Gasteiger partial charge in [0.05, 0.1) is 11.0 Å². The quantitative estimate of drug-likeness (QED) is 0.604. The van der Waals surface area contributed by atoms with E-state index >= 15 is 0 Å².